The zero-order chi connectivity index (χ0) is 33.6. The van der Waals surface area contributed by atoms with Crippen molar-refractivity contribution in [3.63, 3.8) is 0 Å². The Hall–Kier alpha value is -4.69. The van der Waals surface area contributed by atoms with Crippen LogP contribution in [0.2, 0.25) is 0 Å². The van der Waals surface area contributed by atoms with Gasteiger partial charge in [-0.25, -0.2) is 9.98 Å². The Morgan fingerprint density at radius 2 is 1.54 bits per heavy atom. The van der Waals surface area contributed by atoms with Crippen molar-refractivity contribution in [2.24, 2.45) is 9.98 Å². The fraction of sp³-hybridized carbons (Fsp3) is 0.353. The molecule has 14 heteroatoms. The van der Waals surface area contributed by atoms with Gasteiger partial charge in [0.25, 0.3) is 0 Å². The van der Waals surface area contributed by atoms with Gasteiger partial charge in [0.15, 0.2) is 17.3 Å². The molecule has 0 amide bonds. The van der Waals surface area contributed by atoms with E-state index in [1.807, 2.05) is 18.2 Å². The highest BCUT2D eigenvalue weighted by Crippen LogP contribution is 2.43. The van der Waals surface area contributed by atoms with Gasteiger partial charge in [-0.1, -0.05) is 36.0 Å². The number of ether oxygens (including phenoxy) is 3. The van der Waals surface area contributed by atoms with E-state index >= 15 is 0 Å². The molecule has 4 aromatic rings. The lowest BCUT2D eigenvalue weighted by Crippen LogP contribution is -2.47. The van der Waals surface area contributed by atoms with Gasteiger partial charge in [-0.05, 0) is 49.7 Å². The maximum Gasteiger partial charge on any atom is 0.416 e. The minimum atomic E-state index is -4.42. The van der Waals surface area contributed by atoms with Crippen molar-refractivity contribution in [2.45, 2.75) is 25.9 Å². The number of alkyl halides is 3. The molecule has 250 valence electrons. The topological polar surface area (TPSA) is 96.7 Å². The Balaban J connectivity index is 1.31. The molecule has 1 N–H and O–H groups in total. The summed E-state index contributed by atoms with van der Waals surface area (Å²) in [4.78, 5) is 14.5. The number of fused-ring (bicyclic) bond motifs is 1. The Kier molecular flexibility index (Phi) is 8.46. The predicted molar refractivity (Wildman–Crippen MR) is 180 cm³/mol. The highest BCUT2D eigenvalue weighted by Gasteiger charge is 2.31. The number of hydrogen-bond donors (Lipinski definition) is 1. The number of benzene rings is 3. The van der Waals surface area contributed by atoms with Crippen LogP contribution in [-0.4, -0.2) is 75.0 Å². The van der Waals surface area contributed by atoms with E-state index in [2.05, 4.69) is 32.2 Å². The van der Waals surface area contributed by atoms with Crippen molar-refractivity contribution < 1.29 is 27.4 Å². The van der Waals surface area contributed by atoms with Crippen LogP contribution >= 0.6 is 11.3 Å². The summed E-state index contributed by atoms with van der Waals surface area (Å²) in [7, 11) is 4.69. The molecule has 1 aliphatic carbocycles. The van der Waals surface area contributed by atoms with E-state index in [4.69, 9.17) is 24.2 Å². The first kappa shape index (κ1) is 31.9. The molecule has 48 heavy (non-hydrogen) atoms. The second-order valence-corrected chi connectivity index (χ2v) is 12.6. The quantitative estimate of drug-likeness (QED) is 0.238. The molecule has 0 unspecified atom stereocenters. The van der Waals surface area contributed by atoms with Crippen molar-refractivity contribution in [1.82, 2.24) is 15.1 Å². The third-order valence-electron chi connectivity index (χ3n) is 8.76. The van der Waals surface area contributed by atoms with Gasteiger partial charge in [-0.2, -0.15) is 13.2 Å². The molecule has 1 saturated carbocycles. The average molecular weight is 678 g/mol. The van der Waals surface area contributed by atoms with E-state index in [0.717, 1.165) is 79.9 Å². The zero-order valence-electron chi connectivity index (χ0n) is 26.9. The van der Waals surface area contributed by atoms with Crippen molar-refractivity contribution >= 4 is 44.9 Å². The fourth-order valence-electron chi connectivity index (χ4n) is 6.06. The summed E-state index contributed by atoms with van der Waals surface area (Å²) >= 11 is 1.39. The van der Waals surface area contributed by atoms with Gasteiger partial charge in [0.1, 0.15) is 10.4 Å². The van der Waals surface area contributed by atoms with Crippen LogP contribution in [0.4, 0.5) is 35.4 Å². The molecular weight excluding hydrogens is 643 g/mol. The van der Waals surface area contributed by atoms with E-state index in [0.29, 0.717) is 49.8 Å². The lowest BCUT2D eigenvalue weighted by Gasteiger charge is -2.36. The number of piperazine rings is 1. The van der Waals surface area contributed by atoms with E-state index < -0.39 is 11.7 Å². The van der Waals surface area contributed by atoms with E-state index in [-0.39, 0.29) is 0 Å². The van der Waals surface area contributed by atoms with Crippen LogP contribution < -0.4 is 35.0 Å². The SMILES string of the molecule is CCN1CCN(c2cc3c(c(=C4CC4)c2Nc2nnc(-c4cc(OC)c(OC)c(OC)c4)s2)=NC(c2ccc(C(F)(F)F)cc2)=N3)CC1. The number of rotatable bonds is 9. The average Bonchev–Trinajstić information content (AvgIpc) is 3.67. The van der Waals surface area contributed by atoms with Crippen molar-refractivity contribution in [2.75, 3.05) is 64.3 Å². The van der Waals surface area contributed by atoms with Crippen LogP contribution in [0.1, 0.15) is 30.9 Å². The van der Waals surface area contributed by atoms with Gasteiger partial charge in [0.2, 0.25) is 10.9 Å². The first-order valence-electron chi connectivity index (χ1n) is 15.6. The molecule has 0 radical (unpaired) electrons. The largest absolute Gasteiger partial charge is 0.493 e. The number of likely N-dealkylation sites (N-methyl/N-ethyl adjacent to an activating group) is 1. The predicted octanol–water partition coefficient (Wildman–Crippen LogP) is 5.79. The van der Waals surface area contributed by atoms with Gasteiger partial charge in [-0.15, -0.1) is 10.2 Å². The normalized spacial score (nSPS) is 15.9. The molecule has 1 saturated heterocycles. The second-order valence-electron chi connectivity index (χ2n) is 11.6. The molecule has 2 fully saturated rings. The third-order valence-corrected chi connectivity index (χ3v) is 9.64. The first-order chi connectivity index (χ1) is 23.2. The molecule has 7 rings (SSSR count). The fourth-order valence-corrected chi connectivity index (χ4v) is 6.80. The highest BCUT2D eigenvalue weighted by atomic mass is 32.1. The Labute approximate surface area is 279 Å². The van der Waals surface area contributed by atoms with Gasteiger partial charge < -0.3 is 29.3 Å². The summed E-state index contributed by atoms with van der Waals surface area (Å²) in [5.41, 5.74) is 4.39. The Morgan fingerprint density at radius 1 is 0.854 bits per heavy atom. The Morgan fingerprint density at radius 3 is 2.12 bits per heavy atom. The lowest BCUT2D eigenvalue weighted by molar-refractivity contribution is -0.137. The maximum absolute atomic E-state index is 13.3. The minimum absolute atomic E-state index is 0.390. The van der Waals surface area contributed by atoms with Gasteiger partial charge in [-0.3, -0.25) is 0 Å². The maximum atomic E-state index is 13.3. The summed E-state index contributed by atoms with van der Waals surface area (Å²) in [5, 5.41) is 15.6. The number of amidine groups is 1. The van der Waals surface area contributed by atoms with Crippen LogP contribution in [0.15, 0.2) is 52.4 Å². The van der Waals surface area contributed by atoms with Gasteiger partial charge in [0, 0.05) is 42.5 Å². The molecule has 0 bridgehead atoms. The van der Waals surface area contributed by atoms with E-state index in [9.17, 15) is 13.2 Å². The highest BCUT2D eigenvalue weighted by molar-refractivity contribution is 7.18. The smallest absolute Gasteiger partial charge is 0.416 e. The van der Waals surface area contributed by atoms with Crippen LogP contribution in [0.25, 0.3) is 16.1 Å². The van der Waals surface area contributed by atoms with Crippen LogP contribution in [0.3, 0.4) is 0 Å². The molecule has 1 aromatic heterocycles. The summed E-state index contributed by atoms with van der Waals surface area (Å²) in [6, 6.07) is 10.7. The summed E-state index contributed by atoms with van der Waals surface area (Å²) in [6.07, 6.45) is -2.57. The monoisotopic (exact) mass is 677 g/mol. The lowest BCUT2D eigenvalue weighted by atomic mass is 10.1. The third kappa shape index (κ3) is 6.05. The van der Waals surface area contributed by atoms with E-state index in [1.54, 1.807) is 21.3 Å². The Bertz CT molecular complexity index is 1990. The van der Waals surface area contributed by atoms with Crippen molar-refractivity contribution in [1.29, 1.82) is 0 Å². The number of halogens is 3. The molecule has 0 atom stereocenters. The number of nitrogens with zero attached hydrogens (tertiary/aromatic N) is 6. The molecule has 3 aliphatic rings. The van der Waals surface area contributed by atoms with Crippen LogP contribution in [-0.2, 0) is 6.18 Å². The molecule has 0 spiro atoms. The number of hydrogen-bond acceptors (Lipinski definition) is 11. The molecular formula is C34H34F3N7O3S. The van der Waals surface area contributed by atoms with Gasteiger partial charge in [0.05, 0.1) is 44.0 Å². The summed E-state index contributed by atoms with van der Waals surface area (Å²) in [6.45, 7) is 6.66. The summed E-state index contributed by atoms with van der Waals surface area (Å²) < 4.78 is 56.3. The van der Waals surface area contributed by atoms with Crippen molar-refractivity contribution in [3.8, 4) is 27.8 Å². The van der Waals surface area contributed by atoms with Crippen LogP contribution in [0.5, 0.6) is 17.2 Å². The first-order valence-corrected chi connectivity index (χ1v) is 16.4. The number of aliphatic imine (C=N–C) groups is 1. The van der Waals surface area contributed by atoms with Gasteiger partial charge >= 0.3 is 6.18 Å². The van der Waals surface area contributed by atoms with E-state index in [1.165, 1.54) is 29.0 Å². The molecule has 2 aliphatic heterocycles. The van der Waals surface area contributed by atoms with Crippen LogP contribution in [0, 0.1) is 0 Å². The minimum Gasteiger partial charge on any atom is -0.493 e. The molecule has 3 heterocycles. The van der Waals surface area contributed by atoms with Crippen molar-refractivity contribution in [3.05, 3.63) is 64.2 Å². The number of anilines is 3. The number of nitrogens with one attached hydrogen (secondary N) is 1. The zero-order valence-corrected chi connectivity index (χ0v) is 27.8. The number of methoxy groups -OCH3 is 3. The summed E-state index contributed by atoms with van der Waals surface area (Å²) in [5.74, 6) is 1.91. The standard InChI is InChI=1S/C34H34F3N7O3S/c1-5-43-12-14-44(15-13-43)24-18-23-28(39-31(38-23)20-8-10-22(11-9-20)34(35,36)37)27(19-6-7-19)29(24)40-33-42-41-32(48-33)21-16-25(45-2)30(47-4)26(17-21)46-3/h8-11,16-18H,5-7,12-15H2,1-4H3,(H,40,42). The molecule has 10 nitrogen and oxygen atoms in total. The second kappa shape index (κ2) is 12.7. The number of aromatic nitrogens is 2. The molecule has 3 aromatic carbocycles.